The molecule has 0 aromatic carbocycles. The minimum Gasteiger partial charge on any atom is -0.337 e. The Labute approximate surface area is 120 Å². The molecule has 5 heteroatoms. The molecule has 5 nitrogen and oxygen atoms in total. The summed E-state index contributed by atoms with van der Waals surface area (Å²) >= 11 is 0. The first-order valence-electron chi connectivity index (χ1n) is 7.60. The van der Waals surface area contributed by atoms with E-state index in [0.717, 1.165) is 39.0 Å². The molecule has 1 aromatic rings. The molecular weight excluding hydrogens is 252 g/mol. The van der Waals surface area contributed by atoms with E-state index in [0.29, 0.717) is 11.7 Å². The highest BCUT2D eigenvalue weighted by Crippen LogP contribution is 2.29. The fourth-order valence-corrected chi connectivity index (χ4v) is 3.16. The maximum atomic E-state index is 12.5. The van der Waals surface area contributed by atoms with Gasteiger partial charge in [-0.05, 0) is 37.3 Å². The normalized spacial score (nSPS) is 25.9. The fourth-order valence-electron chi connectivity index (χ4n) is 3.16. The zero-order chi connectivity index (χ0) is 14.2. The van der Waals surface area contributed by atoms with Crippen LogP contribution in [0.5, 0.6) is 0 Å². The van der Waals surface area contributed by atoms with Gasteiger partial charge in [-0.3, -0.25) is 9.48 Å². The van der Waals surface area contributed by atoms with E-state index in [2.05, 4.69) is 24.3 Å². The highest BCUT2D eigenvalue weighted by atomic mass is 16.2. The van der Waals surface area contributed by atoms with Crippen molar-refractivity contribution in [2.45, 2.75) is 39.2 Å². The van der Waals surface area contributed by atoms with Gasteiger partial charge < -0.3 is 10.2 Å². The molecule has 1 atom stereocenters. The summed E-state index contributed by atoms with van der Waals surface area (Å²) in [6, 6.07) is 2.25. The van der Waals surface area contributed by atoms with Crippen molar-refractivity contribution in [1.29, 1.82) is 0 Å². The van der Waals surface area contributed by atoms with Crippen LogP contribution < -0.4 is 5.32 Å². The Morgan fingerprint density at radius 2 is 2.35 bits per heavy atom. The van der Waals surface area contributed by atoms with Crippen LogP contribution in [0.2, 0.25) is 0 Å². The third-order valence-electron chi connectivity index (χ3n) is 4.44. The first-order chi connectivity index (χ1) is 9.55. The van der Waals surface area contributed by atoms with Gasteiger partial charge in [0.2, 0.25) is 0 Å². The molecule has 0 spiro atoms. The minimum absolute atomic E-state index is 0.0816. The number of hydrogen-bond donors (Lipinski definition) is 1. The molecule has 1 unspecified atom stereocenters. The number of likely N-dealkylation sites (tertiary alicyclic amines) is 1. The van der Waals surface area contributed by atoms with E-state index in [9.17, 15) is 4.79 Å². The van der Waals surface area contributed by atoms with Crippen molar-refractivity contribution in [1.82, 2.24) is 20.0 Å². The lowest BCUT2D eigenvalue weighted by Crippen LogP contribution is -2.33. The monoisotopic (exact) mass is 276 g/mol. The lowest BCUT2D eigenvalue weighted by atomic mass is 9.93. The summed E-state index contributed by atoms with van der Waals surface area (Å²) in [5.74, 6) is 0.0816. The predicted molar refractivity (Wildman–Crippen MR) is 77.7 cm³/mol. The average molecular weight is 276 g/mol. The number of rotatable bonds is 2. The van der Waals surface area contributed by atoms with Gasteiger partial charge in [-0.15, -0.1) is 0 Å². The van der Waals surface area contributed by atoms with Gasteiger partial charge in [-0.25, -0.2) is 0 Å². The van der Waals surface area contributed by atoms with Crippen LogP contribution in [0.25, 0.3) is 0 Å². The van der Waals surface area contributed by atoms with Crippen LogP contribution in [-0.2, 0) is 0 Å². The van der Waals surface area contributed by atoms with Crippen molar-refractivity contribution in [3.63, 3.8) is 0 Å². The van der Waals surface area contributed by atoms with Gasteiger partial charge in [0.1, 0.15) is 5.69 Å². The molecule has 0 bridgehead atoms. The van der Waals surface area contributed by atoms with E-state index in [4.69, 9.17) is 0 Å². The Morgan fingerprint density at radius 3 is 3.00 bits per heavy atom. The topological polar surface area (TPSA) is 50.2 Å². The highest BCUT2D eigenvalue weighted by Gasteiger charge is 2.33. The summed E-state index contributed by atoms with van der Waals surface area (Å²) < 4.78 is 1.96. The molecule has 1 aromatic heterocycles. The van der Waals surface area contributed by atoms with E-state index < -0.39 is 0 Å². The molecule has 0 radical (unpaired) electrons. The molecule has 3 rings (SSSR count). The van der Waals surface area contributed by atoms with E-state index in [1.165, 1.54) is 6.42 Å². The van der Waals surface area contributed by atoms with Crippen LogP contribution in [0.4, 0.5) is 0 Å². The van der Waals surface area contributed by atoms with Crippen LogP contribution in [-0.4, -0.2) is 46.8 Å². The number of nitrogens with zero attached hydrogens (tertiary/aromatic N) is 3. The van der Waals surface area contributed by atoms with Crippen molar-refractivity contribution in [2.24, 2.45) is 5.41 Å². The summed E-state index contributed by atoms with van der Waals surface area (Å²) in [4.78, 5) is 14.4. The summed E-state index contributed by atoms with van der Waals surface area (Å²) in [6.07, 6.45) is 5.34. The minimum atomic E-state index is 0.0816. The van der Waals surface area contributed by atoms with Gasteiger partial charge in [0, 0.05) is 25.8 Å². The maximum absolute atomic E-state index is 12.5. The second-order valence-corrected chi connectivity index (χ2v) is 6.82. The Hall–Kier alpha value is -1.36. The number of amides is 1. The summed E-state index contributed by atoms with van der Waals surface area (Å²) in [5.41, 5.74) is 0.833. The molecular formula is C15H24N4O. The number of nitrogens with one attached hydrogen (secondary N) is 1. The molecule has 2 aliphatic rings. The SMILES string of the molecule is CC1(C)CCN(C(=O)c2ccn(C3CCCNC3)n2)C1. The van der Waals surface area contributed by atoms with E-state index in [1.807, 2.05) is 21.8 Å². The standard InChI is InChI=1S/C15H24N4O/c1-15(2)6-9-18(11-15)14(20)13-5-8-19(17-13)12-4-3-7-16-10-12/h5,8,12,16H,3-4,6-7,9-11H2,1-2H3. The quantitative estimate of drug-likeness (QED) is 0.894. The Bertz CT molecular complexity index is 488. The second-order valence-electron chi connectivity index (χ2n) is 6.82. The summed E-state index contributed by atoms with van der Waals surface area (Å²) in [7, 11) is 0. The van der Waals surface area contributed by atoms with Crippen LogP contribution >= 0.6 is 0 Å². The zero-order valence-electron chi connectivity index (χ0n) is 12.4. The zero-order valence-corrected chi connectivity index (χ0v) is 12.4. The van der Waals surface area contributed by atoms with Crippen LogP contribution in [0, 0.1) is 5.41 Å². The van der Waals surface area contributed by atoms with Gasteiger partial charge in [-0.1, -0.05) is 13.8 Å². The largest absolute Gasteiger partial charge is 0.337 e. The van der Waals surface area contributed by atoms with Crippen molar-refractivity contribution in [2.75, 3.05) is 26.2 Å². The predicted octanol–water partition coefficient (Wildman–Crippen LogP) is 1.68. The van der Waals surface area contributed by atoms with Crippen molar-refractivity contribution >= 4 is 5.91 Å². The molecule has 2 aliphatic heterocycles. The molecule has 2 saturated heterocycles. The van der Waals surface area contributed by atoms with Crippen molar-refractivity contribution in [3.05, 3.63) is 18.0 Å². The molecule has 2 fully saturated rings. The van der Waals surface area contributed by atoms with E-state index in [1.54, 1.807) is 0 Å². The fraction of sp³-hybridized carbons (Fsp3) is 0.733. The first kappa shape index (κ1) is 13.6. The van der Waals surface area contributed by atoms with E-state index >= 15 is 0 Å². The smallest absolute Gasteiger partial charge is 0.274 e. The van der Waals surface area contributed by atoms with Crippen LogP contribution in [0.3, 0.4) is 0 Å². The Kier molecular flexibility index (Phi) is 3.54. The van der Waals surface area contributed by atoms with Crippen molar-refractivity contribution in [3.8, 4) is 0 Å². The van der Waals surface area contributed by atoms with Crippen LogP contribution in [0.15, 0.2) is 12.3 Å². The number of aromatic nitrogens is 2. The third-order valence-corrected chi connectivity index (χ3v) is 4.44. The Morgan fingerprint density at radius 1 is 1.50 bits per heavy atom. The summed E-state index contributed by atoms with van der Waals surface area (Å²) in [6.45, 7) is 8.16. The molecule has 1 amide bonds. The number of hydrogen-bond acceptors (Lipinski definition) is 3. The second kappa shape index (κ2) is 5.20. The first-order valence-corrected chi connectivity index (χ1v) is 7.60. The molecule has 0 saturated carbocycles. The lowest BCUT2D eigenvalue weighted by Gasteiger charge is -2.23. The molecule has 110 valence electrons. The molecule has 0 aliphatic carbocycles. The maximum Gasteiger partial charge on any atom is 0.274 e. The van der Waals surface area contributed by atoms with Crippen LogP contribution in [0.1, 0.15) is 49.6 Å². The number of carbonyl (C=O) groups is 1. The third kappa shape index (κ3) is 2.73. The lowest BCUT2D eigenvalue weighted by molar-refractivity contribution is 0.0771. The average Bonchev–Trinajstić information content (AvgIpc) is 3.05. The van der Waals surface area contributed by atoms with Gasteiger partial charge in [0.25, 0.3) is 5.91 Å². The summed E-state index contributed by atoms with van der Waals surface area (Å²) in [5, 5.41) is 7.89. The molecule has 3 heterocycles. The van der Waals surface area contributed by atoms with Gasteiger partial charge in [0.05, 0.1) is 6.04 Å². The van der Waals surface area contributed by atoms with Crippen molar-refractivity contribution < 1.29 is 4.79 Å². The number of carbonyl (C=O) groups excluding carboxylic acids is 1. The van der Waals surface area contributed by atoms with Gasteiger partial charge in [0.15, 0.2) is 0 Å². The highest BCUT2D eigenvalue weighted by molar-refractivity contribution is 5.92. The molecule has 1 N–H and O–H groups in total. The van der Waals surface area contributed by atoms with E-state index in [-0.39, 0.29) is 11.3 Å². The van der Waals surface area contributed by atoms with Gasteiger partial charge >= 0.3 is 0 Å². The number of piperidine rings is 1. The Balaban J connectivity index is 1.68. The molecule has 20 heavy (non-hydrogen) atoms. The van der Waals surface area contributed by atoms with Gasteiger partial charge in [-0.2, -0.15) is 5.10 Å².